The molecule has 6 nitrogen and oxygen atoms in total. The number of aromatic nitrogens is 3. The molecular weight excluding hydrogens is 242 g/mol. The quantitative estimate of drug-likeness (QED) is 0.759. The van der Waals surface area contributed by atoms with Gasteiger partial charge in [0.25, 0.3) is 5.91 Å². The van der Waals surface area contributed by atoms with Crippen LogP contribution in [0.2, 0.25) is 0 Å². The smallest absolute Gasteiger partial charge is 0.275 e. The van der Waals surface area contributed by atoms with Gasteiger partial charge in [-0.3, -0.25) is 9.48 Å². The molecule has 0 saturated heterocycles. The Morgan fingerprint density at radius 3 is 3.00 bits per heavy atom. The predicted molar refractivity (Wildman–Crippen MR) is 71.3 cm³/mol. The largest absolute Gasteiger partial charge is 0.320 e. The first-order valence-electron chi connectivity index (χ1n) is 5.65. The first-order chi connectivity index (χ1) is 9.20. The summed E-state index contributed by atoms with van der Waals surface area (Å²) in [7, 11) is 1.70. The zero-order chi connectivity index (χ0) is 13.7. The van der Waals surface area contributed by atoms with E-state index in [2.05, 4.69) is 27.2 Å². The number of nitrogens with two attached hydrogens (primary N) is 1. The molecule has 0 fully saturated rings. The Kier molecular flexibility index (Phi) is 3.90. The van der Waals surface area contributed by atoms with Crippen molar-refractivity contribution in [3.8, 4) is 11.8 Å². The third-order valence-electron chi connectivity index (χ3n) is 2.39. The summed E-state index contributed by atoms with van der Waals surface area (Å²) in [5.74, 6) is 5.80. The third-order valence-corrected chi connectivity index (χ3v) is 2.39. The third kappa shape index (κ3) is 3.18. The van der Waals surface area contributed by atoms with Crippen molar-refractivity contribution in [3.05, 3.63) is 41.9 Å². The maximum absolute atomic E-state index is 12.0. The molecule has 6 heteroatoms. The van der Waals surface area contributed by atoms with Crippen LogP contribution in [0.5, 0.6) is 0 Å². The highest BCUT2D eigenvalue weighted by Crippen LogP contribution is 2.08. The Labute approximate surface area is 110 Å². The molecule has 0 atom stereocenters. The standard InChI is InChI=1S/C13H13N5O/c1-18-11(5-8-16-18)13(19)17-12-9-10(3-2-6-14)4-7-15-12/h4-5,7-9H,6,14H2,1H3,(H,15,17,19). The first kappa shape index (κ1) is 12.8. The fraction of sp³-hybridized carbons (Fsp3) is 0.154. The number of rotatable bonds is 2. The maximum atomic E-state index is 12.0. The summed E-state index contributed by atoms with van der Waals surface area (Å²) in [6.07, 6.45) is 3.14. The lowest BCUT2D eigenvalue weighted by Gasteiger charge is -2.04. The van der Waals surface area contributed by atoms with Gasteiger partial charge in [0.2, 0.25) is 0 Å². The van der Waals surface area contributed by atoms with Gasteiger partial charge in [0.15, 0.2) is 0 Å². The van der Waals surface area contributed by atoms with Crippen LogP contribution in [0.4, 0.5) is 5.82 Å². The van der Waals surface area contributed by atoms with Crippen LogP contribution < -0.4 is 11.1 Å². The molecule has 2 aromatic heterocycles. The Bertz CT molecular complexity index is 650. The van der Waals surface area contributed by atoms with Crippen LogP contribution in [0.1, 0.15) is 16.1 Å². The first-order valence-corrected chi connectivity index (χ1v) is 5.65. The van der Waals surface area contributed by atoms with Crippen LogP contribution >= 0.6 is 0 Å². The summed E-state index contributed by atoms with van der Waals surface area (Å²) in [6, 6.07) is 5.08. The number of carbonyl (C=O) groups excluding carboxylic acids is 1. The topological polar surface area (TPSA) is 85.8 Å². The molecule has 2 aromatic rings. The molecule has 96 valence electrons. The van der Waals surface area contributed by atoms with Crippen LogP contribution in [0.15, 0.2) is 30.6 Å². The number of hydrogen-bond donors (Lipinski definition) is 2. The van der Waals surface area contributed by atoms with Crippen LogP contribution in [0.25, 0.3) is 0 Å². The van der Waals surface area contributed by atoms with Crippen molar-refractivity contribution in [2.75, 3.05) is 11.9 Å². The van der Waals surface area contributed by atoms with Crippen molar-refractivity contribution >= 4 is 11.7 Å². The highest BCUT2D eigenvalue weighted by atomic mass is 16.2. The van der Waals surface area contributed by atoms with Crippen LogP contribution in [0.3, 0.4) is 0 Å². The minimum atomic E-state index is -0.267. The average molecular weight is 255 g/mol. The number of nitrogens with zero attached hydrogens (tertiary/aromatic N) is 3. The molecule has 0 aliphatic heterocycles. The van der Waals surface area contributed by atoms with E-state index < -0.39 is 0 Å². The monoisotopic (exact) mass is 255 g/mol. The van der Waals surface area contributed by atoms with Crippen LogP contribution in [-0.4, -0.2) is 27.2 Å². The van der Waals surface area contributed by atoms with E-state index in [1.807, 2.05) is 0 Å². The number of amides is 1. The highest BCUT2D eigenvalue weighted by molar-refractivity contribution is 6.02. The lowest BCUT2D eigenvalue weighted by Crippen LogP contribution is -2.16. The number of pyridine rings is 1. The van der Waals surface area contributed by atoms with Gasteiger partial charge < -0.3 is 11.1 Å². The summed E-state index contributed by atoms with van der Waals surface area (Å²) >= 11 is 0. The van der Waals surface area contributed by atoms with E-state index in [9.17, 15) is 4.79 Å². The maximum Gasteiger partial charge on any atom is 0.275 e. The molecule has 0 radical (unpaired) electrons. The highest BCUT2D eigenvalue weighted by Gasteiger charge is 2.10. The Balaban J connectivity index is 2.15. The molecule has 2 rings (SSSR count). The van der Waals surface area contributed by atoms with Crippen LogP contribution in [-0.2, 0) is 7.05 Å². The van der Waals surface area contributed by atoms with Gasteiger partial charge in [-0.05, 0) is 18.2 Å². The van der Waals surface area contributed by atoms with Crippen molar-refractivity contribution < 1.29 is 4.79 Å². The van der Waals surface area contributed by atoms with E-state index in [-0.39, 0.29) is 5.91 Å². The molecule has 0 unspecified atom stereocenters. The zero-order valence-electron chi connectivity index (χ0n) is 10.4. The molecule has 0 saturated carbocycles. The molecule has 2 heterocycles. The lowest BCUT2D eigenvalue weighted by molar-refractivity contribution is 0.101. The van der Waals surface area contributed by atoms with Gasteiger partial charge >= 0.3 is 0 Å². The molecule has 0 aliphatic rings. The normalized spacial score (nSPS) is 9.58. The fourth-order valence-electron chi connectivity index (χ4n) is 1.51. The molecule has 1 amide bonds. The van der Waals surface area contributed by atoms with Gasteiger partial charge in [0.1, 0.15) is 11.5 Å². The number of carbonyl (C=O) groups is 1. The number of anilines is 1. The van der Waals surface area contributed by atoms with Crippen LogP contribution in [0, 0.1) is 11.8 Å². The van der Waals surface area contributed by atoms with Crippen molar-refractivity contribution in [1.29, 1.82) is 0 Å². The summed E-state index contributed by atoms with van der Waals surface area (Å²) in [5.41, 5.74) is 6.52. The SMILES string of the molecule is Cn1nccc1C(=O)Nc1cc(C#CCN)ccn1. The molecular formula is C13H13N5O. The van der Waals surface area contributed by atoms with Gasteiger partial charge in [-0.15, -0.1) is 0 Å². The zero-order valence-corrected chi connectivity index (χ0v) is 10.4. The second-order valence-corrected chi connectivity index (χ2v) is 3.73. The van der Waals surface area contributed by atoms with E-state index in [0.29, 0.717) is 18.1 Å². The number of hydrogen-bond acceptors (Lipinski definition) is 4. The summed E-state index contributed by atoms with van der Waals surface area (Å²) in [6.45, 7) is 0.291. The summed E-state index contributed by atoms with van der Waals surface area (Å²) in [4.78, 5) is 16.0. The van der Waals surface area contributed by atoms with E-state index in [4.69, 9.17) is 5.73 Å². The van der Waals surface area contributed by atoms with Gasteiger partial charge in [0, 0.05) is 25.0 Å². The predicted octanol–water partition coefficient (Wildman–Crippen LogP) is 0.378. The molecule has 3 N–H and O–H groups in total. The molecule has 0 aromatic carbocycles. The van der Waals surface area contributed by atoms with Crippen molar-refractivity contribution in [1.82, 2.24) is 14.8 Å². The lowest BCUT2D eigenvalue weighted by atomic mass is 10.2. The number of nitrogens with one attached hydrogen (secondary N) is 1. The van der Waals surface area contributed by atoms with Gasteiger partial charge in [-0.2, -0.15) is 5.10 Å². The van der Waals surface area contributed by atoms with Crippen molar-refractivity contribution in [3.63, 3.8) is 0 Å². The number of aryl methyl sites for hydroxylation is 1. The van der Waals surface area contributed by atoms with E-state index in [1.54, 1.807) is 37.6 Å². The van der Waals surface area contributed by atoms with Crippen molar-refractivity contribution in [2.45, 2.75) is 0 Å². The minimum absolute atomic E-state index is 0.267. The molecule has 0 aliphatic carbocycles. The minimum Gasteiger partial charge on any atom is -0.320 e. The molecule has 0 spiro atoms. The summed E-state index contributed by atoms with van der Waals surface area (Å²) in [5, 5.41) is 6.63. The van der Waals surface area contributed by atoms with E-state index in [1.165, 1.54) is 4.68 Å². The summed E-state index contributed by atoms with van der Waals surface area (Å²) < 4.78 is 1.49. The average Bonchev–Trinajstić information content (AvgIpc) is 2.83. The Morgan fingerprint density at radius 2 is 2.32 bits per heavy atom. The van der Waals surface area contributed by atoms with E-state index >= 15 is 0 Å². The second kappa shape index (κ2) is 5.80. The Hall–Kier alpha value is -2.65. The fourth-order valence-corrected chi connectivity index (χ4v) is 1.51. The van der Waals surface area contributed by atoms with Gasteiger partial charge in [-0.25, -0.2) is 4.98 Å². The van der Waals surface area contributed by atoms with Crippen molar-refractivity contribution in [2.24, 2.45) is 12.8 Å². The molecule has 0 bridgehead atoms. The molecule has 19 heavy (non-hydrogen) atoms. The van der Waals surface area contributed by atoms with Gasteiger partial charge in [-0.1, -0.05) is 11.8 Å². The van der Waals surface area contributed by atoms with E-state index in [0.717, 1.165) is 5.56 Å². The Morgan fingerprint density at radius 1 is 1.47 bits per heavy atom. The second-order valence-electron chi connectivity index (χ2n) is 3.73. The van der Waals surface area contributed by atoms with Gasteiger partial charge in [0.05, 0.1) is 6.54 Å².